The Balaban J connectivity index is 1.60. The first-order valence-corrected chi connectivity index (χ1v) is 9.29. The molecule has 21 heavy (non-hydrogen) atoms. The van der Waals surface area contributed by atoms with Gasteiger partial charge < -0.3 is 15.0 Å². The molecule has 1 aromatic carbocycles. The molecule has 2 atom stereocenters. The summed E-state index contributed by atoms with van der Waals surface area (Å²) in [4.78, 5) is 2.66. The Labute approximate surface area is 131 Å². The van der Waals surface area contributed by atoms with Crippen LogP contribution in [0.25, 0.3) is 0 Å². The summed E-state index contributed by atoms with van der Waals surface area (Å²) in [6.45, 7) is 4.12. The second-order valence-corrected chi connectivity index (χ2v) is 7.58. The van der Waals surface area contributed by atoms with Gasteiger partial charge in [-0.1, -0.05) is 18.2 Å². The highest BCUT2D eigenvalue weighted by Crippen LogP contribution is 2.40. The number of rotatable bonds is 1. The molecule has 0 aromatic heterocycles. The fourth-order valence-corrected chi connectivity index (χ4v) is 5.37. The molecule has 2 unspecified atom stereocenters. The normalized spacial score (nSPS) is 33.0. The molecule has 4 heteroatoms. The average Bonchev–Trinajstić information content (AvgIpc) is 2.85. The van der Waals surface area contributed by atoms with Crippen LogP contribution in [0.15, 0.2) is 24.3 Å². The van der Waals surface area contributed by atoms with Crippen molar-refractivity contribution in [1.29, 1.82) is 0 Å². The summed E-state index contributed by atoms with van der Waals surface area (Å²) < 4.78 is 6.20. The van der Waals surface area contributed by atoms with E-state index in [0.29, 0.717) is 6.04 Å². The molecule has 1 N–H and O–H groups in total. The predicted octanol–water partition coefficient (Wildman–Crippen LogP) is 2.65. The van der Waals surface area contributed by atoms with Gasteiger partial charge in [-0.25, -0.2) is 0 Å². The zero-order valence-corrected chi connectivity index (χ0v) is 13.3. The second kappa shape index (κ2) is 5.82. The highest BCUT2D eigenvalue weighted by atomic mass is 32.2. The Kier molecular flexibility index (Phi) is 3.86. The molecular weight excluding hydrogens is 280 g/mol. The molecule has 1 aromatic rings. The van der Waals surface area contributed by atoms with Crippen LogP contribution in [-0.2, 0) is 11.3 Å². The quantitative estimate of drug-likeness (QED) is 0.862. The van der Waals surface area contributed by atoms with Crippen molar-refractivity contribution in [2.45, 2.75) is 37.5 Å². The maximum absolute atomic E-state index is 6.20. The van der Waals surface area contributed by atoms with Gasteiger partial charge in [-0.05, 0) is 36.6 Å². The van der Waals surface area contributed by atoms with Gasteiger partial charge in [0.2, 0.25) is 0 Å². The van der Waals surface area contributed by atoms with Crippen molar-refractivity contribution in [1.82, 2.24) is 5.32 Å². The first kappa shape index (κ1) is 13.9. The summed E-state index contributed by atoms with van der Waals surface area (Å²) in [6.07, 6.45) is 3.61. The number of hydrogen-bond acceptors (Lipinski definition) is 4. The second-order valence-electron chi connectivity index (χ2n) is 6.48. The SMILES string of the molecule is c1ccc2c(c1)CNCCN2C1CCOC2(CCSC2)C1. The van der Waals surface area contributed by atoms with Gasteiger partial charge in [-0.15, -0.1) is 0 Å². The van der Waals surface area contributed by atoms with E-state index in [4.69, 9.17) is 4.74 Å². The molecule has 2 fully saturated rings. The molecule has 0 amide bonds. The van der Waals surface area contributed by atoms with Gasteiger partial charge in [-0.2, -0.15) is 11.8 Å². The van der Waals surface area contributed by atoms with Gasteiger partial charge >= 0.3 is 0 Å². The zero-order chi connectivity index (χ0) is 14.1. The predicted molar refractivity (Wildman–Crippen MR) is 89.1 cm³/mol. The third-order valence-electron chi connectivity index (χ3n) is 5.12. The van der Waals surface area contributed by atoms with Crippen molar-refractivity contribution in [3.8, 4) is 0 Å². The van der Waals surface area contributed by atoms with E-state index in [9.17, 15) is 0 Å². The highest BCUT2D eigenvalue weighted by molar-refractivity contribution is 7.99. The molecule has 3 heterocycles. The maximum Gasteiger partial charge on any atom is 0.0799 e. The molecular formula is C17H24N2OS. The van der Waals surface area contributed by atoms with E-state index in [2.05, 4.69) is 46.2 Å². The number of ether oxygens (including phenoxy) is 1. The van der Waals surface area contributed by atoms with Crippen LogP contribution < -0.4 is 10.2 Å². The topological polar surface area (TPSA) is 24.5 Å². The van der Waals surface area contributed by atoms with E-state index in [1.165, 1.54) is 42.0 Å². The van der Waals surface area contributed by atoms with Gasteiger partial charge in [0.15, 0.2) is 0 Å². The van der Waals surface area contributed by atoms with Crippen LogP contribution in [0.1, 0.15) is 24.8 Å². The largest absolute Gasteiger partial charge is 0.374 e. The van der Waals surface area contributed by atoms with Crippen LogP contribution in [0.5, 0.6) is 0 Å². The number of hydrogen-bond donors (Lipinski definition) is 1. The Bertz CT molecular complexity index is 501. The molecule has 0 saturated carbocycles. The van der Waals surface area contributed by atoms with Gasteiger partial charge in [-0.3, -0.25) is 0 Å². The third-order valence-corrected chi connectivity index (χ3v) is 6.34. The minimum atomic E-state index is 0.169. The van der Waals surface area contributed by atoms with Crippen LogP contribution in [0.4, 0.5) is 5.69 Å². The summed E-state index contributed by atoms with van der Waals surface area (Å²) in [7, 11) is 0. The summed E-state index contributed by atoms with van der Waals surface area (Å²) >= 11 is 2.06. The number of thioether (sulfide) groups is 1. The smallest absolute Gasteiger partial charge is 0.0799 e. The Morgan fingerprint density at radius 1 is 1.33 bits per heavy atom. The molecule has 3 aliphatic rings. The summed E-state index contributed by atoms with van der Waals surface area (Å²) in [5.41, 5.74) is 3.05. The minimum absolute atomic E-state index is 0.169. The third kappa shape index (κ3) is 2.69. The standard InChI is InChI=1S/C17H24N2OS/c1-2-4-16-14(3-1)12-18-7-8-19(16)15-5-9-20-17(11-15)6-10-21-13-17/h1-4,15,18H,5-13H2. The number of fused-ring (bicyclic) bond motifs is 1. The lowest BCUT2D eigenvalue weighted by atomic mass is 9.88. The first-order chi connectivity index (χ1) is 10.4. The van der Waals surface area contributed by atoms with Crippen molar-refractivity contribution in [3.05, 3.63) is 29.8 Å². The molecule has 0 bridgehead atoms. The molecule has 4 rings (SSSR count). The van der Waals surface area contributed by atoms with Crippen molar-refractivity contribution >= 4 is 17.4 Å². The lowest BCUT2D eigenvalue weighted by molar-refractivity contribution is -0.0662. The van der Waals surface area contributed by atoms with Crippen LogP contribution >= 0.6 is 11.8 Å². The maximum atomic E-state index is 6.20. The van der Waals surface area contributed by atoms with Gasteiger partial charge in [0.25, 0.3) is 0 Å². The molecule has 3 nitrogen and oxygen atoms in total. The van der Waals surface area contributed by atoms with Crippen LogP contribution in [-0.4, -0.2) is 42.8 Å². The molecule has 0 aliphatic carbocycles. The van der Waals surface area contributed by atoms with E-state index >= 15 is 0 Å². The number of para-hydroxylation sites is 1. The Morgan fingerprint density at radius 2 is 2.29 bits per heavy atom. The van der Waals surface area contributed by atoms with Gasteiger partial charge in [0.05, 0.1) is 5.60 Å². The summed E-state index contributed by atoms with van der Waals surface area (Å²) in [6, 6.07) is 9.54. The monoisotopic (exact) mass is 304 g/mol. The van der Waals surface area contributed by atoms with E-state index in [-0.39, 0.29) is 5.60 Å². The van der Waals surface area contributed by atoms with Gasteiger partial charge in [0, 0.05) is 43.7 Å². The van der Waals surface area contributed by atoms with Crippen molar-refractivity contribution < 1.29 is 4.74 Å². The highest BCUT2D eigenvalue weighted by Gasteiger charge is 2.42. The lowest BCUT2D eigenvalue weighted by Gasteiger charge is -2.43. The number of nitrogens with zero attached hydrogens (tertiary/aromatic N) is 1. The number of nitrogens with one attached hydrogen (secondary N) is 1. The molecule has 2 saturated heterocycles. The van der Waals surface area contributed by atoms with E-state index in [1.54, 1.807) is 0 Å². The first-order valence-electron chi connectivity index (χ1n) is 8.13. The lowest BCUT2D eigenvalue weighted by Crippen LogP contribution is -2.50. The minimum Gasteiger partial charge on any atom is -0.374 e. The van der Waals surface area contributed by atoms with Crippen molar-refractivity contribution in [3.63, 3.8) is 0 Å². The van der Waals surface area contributed by atoms with Crippen LogP contribution in [0, 0.1) is 0 Å². The van der Waals surface area contributed by atoms with E-state index in [0.717, 1.165) is 26.2 Å². The summed E-state index contributed by atoms with van der Waals surface area (Å²) in [5, 5.41) is 3.56. The number of benzene rings is 1. The van der Waals surface area contributed by atoms with Crippen LogP contribution in [0.2, 0.25) is 0 Å². The molecule has 3 aliphatic heterocycles. The van der Waals surface area contributed by atoms with E-state index < -0.39 is 0 Å². The van der Waals surface area contributed by atoms with Crippen LogP contribution in [0.3, 0.4) is 0 Å². The van der Waals surface area contributed by atoms with E-state index in [1.807, 2.05) is 0 Å². The van der Waals surface area contributed by atoms with Crippen molar-refractivity contribution in [2.75, 3.05) is 36.1 Å². The summed E-state index contributed by atoms with van der Waals surface area (Å²) in [5.74, 6) is 2.46. The molecule has 1 spiro atoms. The average molecular weight is 304 g/mol. The zero-order valence-electron chi connectivity index (χ0n) is 12.5. The van der Waals surface area contributed by atoms with Crippen molar-refractivity contribution in [2.24, 2.45) is 0 Å². The fourth-order valence-electron chi connectivity index (χ4n) is 3.99. The number of anilines is 1. The van der Waals surface area contributed by atoms with Gasteiger partial charge in [0.1, 0.15) is 0 Å². The Hall–Kier alpha value is -0.710. The Morgan fingerprint density at radius 3 is 3.19 bits per heavy atom. The fraction of sp³-hybridized carbons (Fsp3) is 0.647. The molecule has 0 radical (unpaired) electrons. The molecule has 114 valence electrons.